The van der Waals surface area contributed by atoms with Crippen molar-refractivity contribution in [3.8, 4) is 16.3 Å². The summed E-state index contributed by atoms with van der Waals surface area (Å²) in [5.41, 5.74) is 2.15. The molecule has 1 fully saturated rings. The molecule has 0 bridgehead atoms. The van der Waals surface area contributed by atoms with E-state index in [1.807, 2.05) is 36.1 Å². The fourth-order valence-electron chi connectivity index (χ4n) is 2.67. The Bertz CT molecular complexity index is 664. The molecule has 1 aliphatic rings. The van der Waals surface area contributed by atoms with Crippen molar-refractivity contribution in [1.82, 2.24) is 9.88 Å². The summed E-state index contributed by atoms with van der Waals surface area (Å²) in [6.07, 6.45) is 2.29. The molecular formula is C18H22N2O2S2. The molecule has 0 atom stereocenters. The fraction of sp³-hybridized carbons (Fsp3) is 0.444. The summed E-state index contributed by atoms with van der Waals surface area (Å²) in [5.74, 6) is 2.48. The Hall–Kier alpha value is -1.53. The van der Waals surface area contributed by atoms with Crippen LogP contribution in [0.3, 0.4) is 0 Å². The lowest BCUT2D eigenvalue weighted by molar-refractivity contribution is -0.127. The van der Waals surface area contributed by atoms with Crippen molar-refractivity contribution < 1.29 is 9.53 Å². The molecule has 0 spiro atoms. The number of likely N-dealkylation sites (tertiary alicyclic amines) is 1. The largest absolute Gasteiger partial charge is 0.494 e. The van der Waals surface area contributed by atoms with Crippen LogP contribution in [0.1, 0.15) is 25.5 Å². The van der Waals surface area contributed by atoms with Crippen molar-refractivity contribution in [2.75, 3.05) is 25.4 Å². The quantitative estimate of drug-likeness (QED) is 0.745. The van der Waals surface area contributed by atoms with Gasteiger partial charge in [-0.2, -0.15) is 0 Å². The molecule has 0 saturated carbocycles. The Morgan fingerprint density at radius 2 is 2.04 bits per heavy atom. The third-order valence-electron chi connectivity index (χ3n) is 3.90. The lowest BCUT2D eigenvalue weighted by Gasteiger charge is -2.14. The minimum atomic E-state index is 0.263. The number of hydrogen-bond acceptors (Lipinski definition) is 5. The third kappa shape index (κ3) is 4.51. The zero-order valence-corrected chi connectivity index (χ0v) is 15.5. The minimum absolute atomic E-state index is 0.263. The van der Waals surface area contributed by atoms with Crippen LogP contribution in [-0.2, 0) is 10.5 Å². The van der Waals surface area contributed by atoms with Gasteiger partial charge in [-0.1, -0.05) is 0 Å². The Morgan fingerprint density at radius 1 is 1.29 bits per heavy atom. The number of ether oxygens (including phenoxy) is 1. The summed E-state index contributed by atoms with van der Waals surface area (Å²) in [7, 11) is 0. The first kappa shape index (κ1) is 17.3. The van der Waals surface area contributed by atoms with Crippen LogP contribution in [0.15, 0.2) is 29.6 Å². The van der Waals surface area contributed by atoms with E-state index in [0.29, 0.717) is 12.4 Å². The number of amides is 1. The highest BCUT2D eigenvalue weighted by atomic mass is 32.2. The molecule has 1 aromatic carbocycles. The average Bonchev–Trinajstić information content (AvgIpc) is 3.28. The molecule has 1 aliphatic heterocycles. The first-order valence-corrected chi connectivity index (χ1v) is 10.3. The Kier molecular flexibility index (Phi) is 6.15. The normalized spacial score (nSPS) is 14.1. The standard InChI is InChI=1S/C18H22N2O2S2/c1-2-22-16-7-5-14(6-8-16)18-19-15(12-24-18)11-23-13-17(21)20-9-3-4-10-20/h5-8,12H,2-4,9-11,13H2,1H3. The van der Waals surface area contributed by atoms with Crippen molar-refractivity contribution in [2.24, 2.45) is 0 Å². The molecule has 1 aromatic heterocycles. The Labute approximate surface area is 151 Å². The van der Waals surface area contributed by atoms with Gasteiger partial charge in [-0.15, -0.1) is 23.1 Å². The van der Waals surface area contributed by atoms with E-state index in [1.54, 1.807) is 23.1 Å². The van der Waals surface area contributed by atoms with Gasteiger partial charge in [0.2, 0.25) is 5.91 Å². The minimum Gasteiger partial charge on any atom is -0.494 e. The van der Waals surface area contributed by atoms with Crippen LogP contribution in [-0.4, -0.2) is 41.2 Å². The maximum Gasteiger partial charge on any atom is 0.232 e. The number of hydrogen-bond donors (Lipinski definition) is 0. The van der Waals surface area contributed by atoms with Crippen molar-refractivity contribution in [3.05, 3.63) is 35.3 Å². The second kappa shape index (κ2) is 8.53. The molecule has 2 aromatic rings. The lowest BCUT2D eigenvalue weighted by Crippen LogP contribution is -2.29. The average molecular weight is 363 g/mol. The zero-order valence-electron chi connectivity index (χ0n) is 13.9. The summed E-state index contributed by atoms with van der Waals surface area (Å²) in [5, 5.41) is 3.10. The highest BCUT2D eigenvalue weighted by molar-refractivity contribution is 7.99. The van der Waals surface area contributed by atoms with Crippen LogP contribution in [0.2, 0.25) is 0 Å². The summed E-state index contributed by atoms with van der Waals surface area (Å²) in [4.78, 5) is 18.7. The van der Waals surface area contributed by atoms with E-state index >= 15 is 0 Å². The van der Waals surface area contributed by atoms with Gasteiger partial charge in [0.05, 0.1) is 18.1 Å². The van der Waals surface area contributed by atoms with E-state index in [1.165, 1.54) is 0 Å². The first-order valence-electron chi connectivity index (χ1n) is 8.29. The van der Waals surface area contributed by atoms with Gasteiger partial charge in [0, 0.05) is 29.8 Å². The summed E-state index contributed by atoms with van der Waals surface area (Å²) in [6.45, 7) is 4.51. The molecule has 0 N–H and O–H groups in total. The van der Waals surface area contributed by atoms with Crippen LogP contribution in [0.25, 0.3) is 10.6 Å². The Balaban J connectivity index is 1.50. The number of carbonyl (C=O) groups is 1. The molecule has 0 aliphatic carbocycles. The number of thioether (sulfide) groups is 1. The maximum atomic E-state index is 12.0. The van der Waals surface area contributed by atoms with E-state index in [-0.39, 0.29) is 5.91 Å². The monoisotopic (exact) mass is 362 g/mol. The topological polar surface area (TPSA) is 42.4 Å². The van der Waals surface area contributed by atoms with Crippen molar-refractivity contribution in [3.63, 3.8) is 0 Å². The van der Waals surface area contributed by atoms with Crippen LogP contribution in [0.4, 0.5) is 0 Å². The number of nitrogens with zero attached hydrogens (tertiary/aromatic N) is 2. The Morgan fingerprint density at radius 3 is 2.75 bits per heavy atom. The highest BCUT2D eigenvalue weighted by Gasteiger charge is 2.17. The van der Waals surface area contributed by atoms with Gasteiger partial charge < -0.3 is 9.64 Å². The van der Waals surface area contributed by atoms with Gasteiger partial charge in [-0.25, -0.2) is 4.98 Å². The summed E-state index contributed by atoms with van der Waals surface area (Å²) < 4.78 is 5.46. The molecule has 3 rings (SSSR count). The molecule has 1 amide bonds. The molecule has 4 nitrogen and oxygen atoms in total. The molecule has 0 radical (unpaired) electrons. The molecule has 2 heterocycles. The van der Waals surface area contributed by atoms with E-state index in [2.05, 4.69) is 10.4 Å². The summed E-state index contributed by atoms with van der Waals surface area (Å²) >= 11 is 3.30. The van der Waals surface area contributed by atoms with E-state index in [9.17, 15) is 4.79 Å². The van der Waals surface area contributed by atoms with E-state index < -0.39 is 0 Å². The van der Waals surface area contributed by atoms with Gasteiger partial charge in [-0.05, 0) is 44.0 Å². The van der Waals surface area contributed by atoms with Crippen LogP contribution >= 0.6 is 23.1 Å². The van der Waals surface area contributed by atoms with Crippen molar-refractivity contribution in [1.29, 1.82) is 0 Å². The zero-order chi connectivity index (χ0) is 16.8. The molecule has 24 heavy (non-hydrogen) atoms. The second-order valence-corrected chi connectivity index (χ2v) is 7.53. The first-order chi connectivity index (χ1) is 11.8. The van der Waals surface area contributed by atoms with E-state index in [0.717, 1.165) is 53.7 Å². The van der Waals surface area contributed by atoms with Gasteiger partial charge in [0.15, 0.2) is 0 Å². The fourth-order valence-corrected chi connectivity index (χ4v) is 4.41. The van der Waals surface area contributed by atoms with Gasteiger partial charge in [-0.3, -0.25) is 4.79 Å². The predicted octanol–water partition coefficient (Wildman–Crippen LogP) is 4.06. The molecule has 0 unspecified atom stereocenters. The number of benzene rings is 1. The number of aromatic nitrogens is 1. The SMILES string of the molecule is CCOc1ccc(-c2nc(CSCC(=O)N3CCCC3)cs2)cc1. The molecular weight excluding hydrogens is 340 g/mol. The predicted molar refractivity (Wildman–Crippen MR) is 101 cm³/mol. The number of thiazole rings is 1. The van der Waals surface area contributed by atoms with E-state index in [4.69, 9.17) is 4.74 Å². The van der Waals surface area contributed by atoms with Crippen LogP contribution < -0.4 is 4.74 Å². The van der Waals surface area contributed by atoms with Crippen LogP contribution in [0.5, 0.6) is 5.75 Å². The molecule has 6 heteroatoms. The number of rotatable bonds is 7. The third-order valence-corrected chi connectivity index (χ3v) is 5.79. The number of carbonyl (C=O) groups excluding carboxylic acids is 1. The molecule has 128 valence electrons. The smallest absolute Gasteiger partial charge is 0.232 e. The highest BCUT2D eigenvalue weighted by Crippen LogP contribution is 2.27. The van der Waals surface area contributed by atoms with Crippen molar-refractivity contribution >= 4 is 29.0 Å². The molecule has 1 saturated heterocycles. The van der Waals surface area contributed by atoms with Crippen molar-refractivity contribution in [2.45, 2.75) is 25.5 Å². The second-order valence-electron chi connectivity index (χ2n) is 5.68. The van der Waals surface area contributed by atoms with Crippen LogP contribution in [0, 0.1) is 0 Å². The van der Waals surface area contributed by atoms with Gasteiger partial charge >= 0.3 is 0 Å². The van der Waals surface area contributed by atoms with Gasteiger partial charge in [0.25, 0.3) is 0 Å². The maximum absolute atomic E-state index is 12.0. The lowest BCUT2D eigenvalue weighted by atomic mass is 10.2. The van der Waals surface area contributed by atoms with Gasteiger partial charge in [0.1, 0.15) is 10.8 Å². The summed E-state index contributed by atoms with van der Waals surface area (Å²) in [6, 6.07) is 8.03.